The van der Waals surface area contributed by atoms with Crippen molar-refractivity contribution < 1.29 is 37.3 Å². The van der Waals surface area contributed by atoms with Gasteiger partial charge in [-0.1, -0.05) is 0 Å². The van der Waals surface area contributed by atoms with Crippen LogP contribution in [0.3, 0.4) is 0 Å². The SMILES string of the molecule is C[As](C)(=O)C[C@H]1O[C@@H](OCC(O)CS(=O)(O)=S)[C@H](O)[C@@H]1O. The van der Waals surface area contributed by atoms with E-state index in [1.165, 1.54) is 0 Å². The van der Waals surface area contributed by atoms with Gasteiger partial charge in [0.1, 0.15) is 0 Å². The summed E-state index contributed by atoms with van der Waals surface area (Å²) in [6.45, 7) is -0.379. The van der Waals surface area contributed by atoms with E-state index >= 15 is 0 Å². The Morgan fingerprint density at radius 1 is 1.38 bits per heavy atom. The Labute approximate surface area is 130 Å². The second kappa shape index (κ2) is 7.37. The van der Waals surface area contributed by atoms with Gasteiger partial charge in [-0.15, -0.1) is 0 Å². The van der Waals surface area contributed by atoms with Crippen LogP contribution in [0, 0.1) is 0 Å². The first-order chi connectivity index (χ1) is 9.39. The third kappa shape index (κ3) is 7.06. The summed E-state index contributed by atoms with van der Waals surface area (Å²) in [4.78, 5) is 0. The van der Waals surface area contributed by atoms with E-state index in [9.17, 15) is 23.3 Å². The van der Waals surface area contributed by atoms with E-state index in [2.05, 4.69) is 11.2 Å². The second-order valence-electron chi connectivity index (χ2n) is 5.52. The Kier molecular flexibility index (Phi) is 6.86. The number of hydrogen-bond acceptors (Lipinski definition) is 8. The van der Waals surface area contributed by atoms with Gasteiger partial charge in [-0.25, -0.2) is 0 Å². The monoisotopic (exact) mass is 408 g/mol. The first-order valence-electron chi connectivity index (χ1n) is 6.19. The summed E-state index contributed by atoms with van der Waals surface area (Å²) in [5.41, 5.74) is 3.19. The van der Waals surface area contributed by atoms with Crippen molar-refractivity contribution in [3.63, 3.8) is 0 Å². The van der Waals surface area contributed by atoms with Crippen molar-refractivity contribution in [1.29, 1.82) is 0 Å². The van der Waals surface area contributed by atoms with Gasteiger partial charge in [0.05, 0.1) is 0 Å². The van der Waals surface area contributed by atoms with Crippen molar-refractivity contribution in [3.05, 3.63) is 0 Å². The molecule has 8 nitrogen and oxygen atoms in total. The van der Waals surface area contributed by atoms with Gasteiger partial charge in [-0.3, -0.25) is 0 Å². The molecule has 1 saturated heterocycles. The van der Waals surface area contributed by atoms with Crippen LogP contribution < -0.4 is 0 Å². The van der Waals surface area contributed by atoms with Gasteiger partial charge in [0.25, 0.3) is 0 Å². The summed E-state index contributed by atoms with van der Waals surface area (Å²) >= 11 is 1.18. The molecule has 1 rings (SSSR count). The van der Waals surface area contributed by atoms with Crippen molar-refractivity contribution >= 4 is 33.5 Å². The summed E-state index contributed by atoms with van der Waals surface area (Å²) < 4.78 is 42.0. The quantitative estimate of drug-likeness (QED) is 0.378. The zero-order chi connectivity index (χ0) is 16.4. The maximum absolute atomic E-state index is 11.8. The van der Waals surface area contributed by atoms with Gasteiger partial charge in [0.2, 0.25) is 0 Å². The van der Waals surface area contributed by atoms with Crippen LogP contribution in [0.1, 0.15) is 0 Å². The van der Waals surface area contributed by atoms with E-state index in [0.717, 1.165) is 0 Å². The molecule has 4 N–H and O–H groups in total. The van der Waals surface area contributed by atoms with Crippen LogP contribution in [0.15, 0.2) is 0 Å². The Bertz CT molecular complexity index is 489. The number of ether oxygens (including phenoxy) is 2. The van der Waals surface area contributed by atoms with Gasteiger partial charge in [0, 0.05) is 0 Å². The third-order valence-corrected chi connectivity index (χ3v) is 6.61. The van der Waals surface area contributed by atoms with Gasteiger partial charge in [-0.05, 0) is 0 Å². The molecule has 0 spiro atoms. The minimum absolute atomic E-state index is 0.148. The Morgan fingerprint density at radius 3 is 2.43 bits per heavy atom. The van der Waals surface area contributed by atoms with E-state index in [0.29, 0.717) is 0 Å². The average Bonchev–Trinajstić information content (AvgIpc) is 2.50. The molecule has 0 aromatic heterocycles. The normalized spacial score (nSPS) is 34.6. The Morgan fingerprint density at radius 2 is 1.95 bits per heavy atom. The van der Waals surface area contributed by atoms with E-state index in [1.54, 1.807) is 11.4 Å². The maximum atomic E-state index is 11.8. The third-order valence-electron chi connectivity index (χ3n) is 2.79. The predicted molar refractivity (Wildman–Crippen MR) is 78.6 cm³/mol. The molecule has 6 atom stereocenters. The number of aliphatic hydroxyl groups is 3. The van der Waals surface area contributed by atoms with Gasteiger partial charge in [0.15, 0.2) is 0 Å². The zero-order valence-electron chi connectivity index (χ0n) is 11.7. The Hall–Kier alpha value is 0.488. The average molecular weight is 408 g/mol. The summed E-state index contributed by atoms with van der Waals surface area (Å²) in [6.07, 6.45) is -5.86. The fourth-order valence-corrected chi connectivity index (χ4v) is 5.44. The zero-order valence-corrected chi connectivity index (χ0v) is 15.2. The van der Waals surface area contributed by atoms with Crippen molar-refractivity contribution in [2.75, 3.05) is 12.4 Å². The van der Waals surface area contributed by atoms with Crippen LogP contribution in [0.4, 0.5) is 0 Å². The van der Waals surface area contributed by atoms with Crippen LogP contribution in [0.2, 0.25) is 16.6 Å². The molecule has 0 amide bonds. The molecule has 0 radical (unpaired) electrons. The van der Waals surface area contributed by atoms with Gasteiger partial charge < -0.3 is 0 Å². The topological polar surface area (TPSA) is 134 Å². The molecule has 0 aromatic rings. The van der Waals surface area contributed by atoms with Gasteiger partial charge >= 0.3 is 130 Å². The molecule has 0 bridgehead atoms. The molecule has 0 aromatic carbocycles. The van der Waals surface area contributed by atoms with Crippen molar-refractivity contribution in [2.24, 2.45) is 0 Å². The molecule has 21 heavy (non-hydrogen) atoms. The molecule has 126 valence electrons. The molecular weight excluding hydrogens is 387 g/mol. The molecule has 0 saturated carbocycles. The summed E-state index contributed by atoms with van der Waals surface area (Å²) in [6, 6.07) is 0. The van der Waals surface area contributed by atoms with Crippen molar-refractivity contribution in [1.82, 2.24) is 0 Å². The van der Waals surface area contributed by atoms with Crippen molar-refractivity contribution in [2.45, 2.75) is 47.3 Å². The molecule has 1 heterocycles. The van der Waals surface area contributed by atoms with E-state index in [-0.39, 0.29) is 11.8 Å². The van der Waals surface area contributed by atoms with E-state index in [1.807, 2.05) is 0 Å². The standard InChI is InChI=1S/C10H21AsO8S2/c1-11(2,15)3-7-8(13)9(14)10(19-7)18-4-6(12)5-21(16,17)20/h6-10,12-14H,3-5H2,1-2H3,(H,16,17,20)/t6?,7-,8-,9-,10-/m1/s1. The van der Waals surface area contributed by atoms with Crippen LogP contribution in [0.5, 0.6) is 0 Å². The Balaban J connectivity index is 2.52. The van der Waals surface area contributed by atoms with E-state index in [4.69, 9.17) is 14.0 Å². The molecule has 0 aliphatic carbocycles. The molecule has 1 fully saturated rings. The molecule has 2 unspecified atom stereocenters. The van der Waals surface area contributed by atoms with Crippen molar-refractivity contribution in [3.8, 4) is 0 Å². The molecule has 1 aliphatic heterocycles. The second-order valence-corrected chi connectivity index (χ2v) is 15.9. The van der Waals surface area contributed by atoms with Gasteiger partial charge in [-0.2, -0.15) is 0 Å². The fraction of sp³-hybridized carbons (Fsp3) is 1.00. The number of hydrogen-bond donors (Lipinski definition) is 4. The van der Waals surface area contributed by atoms with E-state index < -0.39 is 58.7 Å². The summed E-state index contributed by atoms with van der Waals surface area (Å²) in [5, 5.41) is 29.2. The van der Waals surface area contributed by atoms with Crippen LogP contribution in [-0.4, -0.2) is 80.6 Å². The first-order valence-corrected chi connectivity index (χ1v) is 14.6. The van der Waals surface area contributed by atoms with Crippen LogP contribution in [-0.2, 0) is 33.2 Å². The summed E-state index contributed by atoms with van der Waals surface area (Å²) in [7, 11) is -3.51. The molecule has 1 aliphatic rings. The van der Waals surface area contributed by atoms with Crippen LogP contribution >= 0.6 is 0 Å². The minimum atomic E-state index is -3.51. The molecular formula is C10H21AsO8S2. The number of rotatable bonds is 7. The number of aliphatic hydroxyl groups excluding tert-OH is 3. The predicted octanol–water partition coefficient (Wildman–Crippen LogP) is -1.33. The van der Waals surface area contributed by atoms with Crippen LogP contribution in [0.25, 0.3) is 0 Å². The first kappa shape index (κ1) is 19.5. The molecule has 11 heteroatoms. The summed E-state index contributed by atoms with van der Waals surface area (Å²) in [5.74, 6) is -0.542. The fourth-order valence-electron chi connectivity index (χ4n) is 1.93.